The highest BCUT2D eigenvalue weighted by Gasteiger charge is 2.33. The Morgan fingerprint density at radius 2 is 2.07 bits per heavy atom. The van der Waals surface area contributed by atoms with E-state index in [2.05, 4.69) is 0 Å². The molecule has 0 bridgehead atoms. The van der Waals surface area contributed by atoms with Crippen LogP contribution in [0.1, 0.15) is 12.5 Å². The quantitative estimate of drug-likeness (QED) is 0.775. The minimum absolute atomic E-state index is 0.0709. The van der Waals surface area contributed by atoms with Crippen molar-refractivity contribution in [2.75, 3.05) is 6.61 Å². The standard InChI is InChI=1S/C10H13F2NO/c1-10(13,9(12)6-14)7-4-2-3-5-8(7)11/h2-5,9,14H,6,13H2,1H3/t9-,10+/m0/s1. The van der Waals surface area contributed by atoms with Crippen LogP contribution < -0.4 is 5.73 Å². The van der Waals surface area contributed by atoms with Gasteiger partial charge in [-0.15, -0.1) is 0 Å². The van der Waals surface area contributed by atoms with Gasteiger partial charge in [-0.25, -0.2) is 8.78 Å². The lowest BCUT2D eigenvalue weighted by molar-refractivity contribution is 0.111. The molecule has 1 rings (SSSR count). The molecule has 0 aromatic heterocycles. The predicted molar refractivity (Wildman–Crippen MR) is 49.9 cm³/mol. The van der Waals surface area contributed by atoms with Gasteiger partial charge in [0, 0.05) is 5.56 Å². The Labute approximate surface area is 81.4 Å². The number of alkyl halides is 1. The second-order valence-corrected chi connectivity index (χ2v) is 3.41. The van der Waals surface area contributed by atoms with E-state index in [1.165, 1.54) is 25.1 Å². The van der Waals surface area contributed by atoms with Crippen molar-refractivity contribution in [1.29, 1.82) is 0 Å². The summed E-state index contributed by atoms with van der Waals surface area (Å²) < 4.78 is 26.5. The van der Waals surface area contributed by atoms with Crippen molar-refractivity contribution in [2.24, 2.45) is 5.73 Å². The first-order valence-corrected chi connectivity index (χ1v) is 4.29. The van der Waals surface area contributed by atoms with Crippen molar-refractivity contribution >= 4 is 0 Å². The Morgan fingerprint density at radius 1 is 1.50 bits per heavy atom. The average Bonchev–Trinajstić information content (AvgIpc) is 2.17. The minimum Gasteiger partial charge on any atom is -0.393 e. The van der Waals surface area contributed by atoms with Crippen molar-refractivity contribution in [3.05, 3.63) is 35.6 Å². The van der Waals surface area contributed by atoms with Crippen LogP contribution in [0.3, 0.4) is 0 Å². The van der Waals surface area contributed by atoms with Gasteiger partial charge in [0.15, 0.2) is 0 Å². The number of aliphatic hydroxyl groups is 1. The molecule has 0 aliphatic carbocycles. The molecule has 0 saturated carbocycles. The van der Waals surface area contributed by atoms with Gasteiger partial charge < -0.3 is 10.8 Å². The Balaban J connectivity index is 3.09. The molecule has 0 aliphatic rings. The molecule has 4 heteroatoms. The third-order valence-corrected chi connectivity index (χ3v) is 2.27. The Bertz CT molecular complexity index is 315. The molecule has 0 aliphatic heterocycles. The summed E-state index contributed by atoms with van der Waals surface area (Å²) in [6, 6.07) is 5.71. The van der Waals surface area contributed by atoms with Gasteiger partial charge in [0.1, 0.15) is 12.0 Å². The Morgan fingerprint density at radius 3 is 2.57 bits per heavy atom. The third-order valence-electron chi connectivity index (χ3n) is 2.27. The van der Waals surface area contributed by atoms with Crippen LogP contribution in [0.4, 0.5) is 8.78 Å². The molecular formula is C10H13F2NO. The number of hydrogen-bond acceptors (Lipinski definition) is 2. The first-order chi connectivity index (χ1) is 6.50. The summed E-state index contributed by atoms with van der Waals surface area (Å²) >= 11 is 0. The molecule has 3 N–H and O–H groups in total. The van der Waals surface area contributed by atoms with Gasteiger partial charge in [-0.1, -0.05) is 18.2 Å². The average molecular weight is 201 g/mol. The van der Waals surface area contributed by atoms with Crippen molar-refractivity contribution in [3.8, 4) is 0 Å². The SMILES string of the molecule is C[C@@](N)(c1ccccc1F)[C@@H](F)CO. The van der Waals surface area contributed by atoms with Gasteiger partial charge in [-0.05, 0) is 13.0 Å². The Hall–Kier alpha value is -1.00. The molecule has 0 radical (unpaired) electrons. The van der Waals surface area contributed by atoms with Gasteiger partial charge >= 0.3 is 0 Å². The molecule has 0 heterocycles. The van der Waals surface area contributed by atoms with Crippen LogP contribution in [-0.4, -0.2) is 17.9 Å². The first kappa shape index (κ1) is 11.1. The van der Waals surface area contributed by atoms with E-state index in [0.29, 0.717) is 0 Å². The smallest absolute Gasteiger partial charge is 0.145 e. The summed E-state index contributed by atoms with van der Waals surface area (Å²) in [6.07, 6.45) is -1.68. The number of rotatable bonds is 3. The second kappa shape index (κ2) is 4.02. The molecule has 1 aromatic rings. The van der Waals surface area contributed by atoms with Gasteiger partial charge in [-0.3, -0.25) is 0 Å². The number of benzene rings is 1. The summed E-state index contributed by atoms with van der Waals surface area (Å²) in [4.78, 5) is 0. The van der Waals surface area contributed by atoms with E-state index in [-0.39, 0.29) is 5.56 Å². The molecule has 1 aromatic carbocycles. The highest BCUT2D eigenvalue weighted by molar-refractivity contribution is 5.26. The maximum absolute atomic E-state index is 13.3. The normalized spacial score (nSPS) is 17.5. The van der Waals surface area contributed by atoms with Crippen LogP contribution >= 0.6 is 0 Å². The summed E-state index contributed by atoms with van der Waals surface area (Å²) in [5.74, 6) is -0.561. The first-order valence-electron chi connectivity index (χ1n) is 4.29. The van der Waals surface area contributed by atoms with Crippen LogP contribution in [0.15, 0.2) is 24.3 Å². The summed E-state index contributed by atoms with van der Waals surface area (Å²) in [5.41, 5.74) is 4.19. The monoisotopic (exact) mass is 201 g/mol. The molecule has 0 fully saturated rings. The van der Waals surface area contributed by atoms with Crippen LogP contribution in [-0.2, 0) is 5.54 Å². The number of nitrogens with two attached hydrogens (primary N) is 1. The summed E-state index contributed by atoms with van der Waals surface area (Å²) in [6.45, 7) is 0.633. The lowest BCUT2D eigenvalue weighted by Gasteiger charge is -2.28. The number of hydrogen-bond donors (Lipinski definition) is 2. The largest absolute Gasteiger partial charge is 0.393 e. The van der Waals surface area contributed by atoms with Crippen LogP contribution in [0, 0.1) is 5.82 Å². The zero-order valence-corrected chi connectivity index (χ0v) is 7.87. The fourth-order valence-corrected chi connectivity index (χ4v) is 1.26. The topological polar surface area (TPSA) is 46.2 Å². The van der Waals surface area contributed by atoms with E-state index in [1.807, 2.05) is 0 Å². The molecular weight excluding hydrogens is 188 g/mol. The predicted octanol–water partition coefficient (Wildman–Crippen LogP) is 1.33. The maximum atomic E-state index is 13.3. The summed E-state index contributed by atoms with van der Waals surface area (Å²) in [5, 5.41) is 8.65. The molecule has 0 unspecified atom stereocenters. The highest BCUT2D eigenvalue weighted by atomic mass is 19.1. The number of halogens is 2. The van der Waals surface area contributed by atoms with Crippen LogP contribution in [0.25, 0.3) is 0 Å². The Kier molecular flexibility index (Phi) is 3.18. The second-order valence-electron chi connectivity index (χ2n) is 3.41. The highest BCUT2D eigenvalue weighted by Crippen LogP contribution is 2.25. The van der Waals surface area contributed by atoms with E-state index in [4.69, 9.17) is 10.8 Å². The summed E-state index contributed by atoms with van der Waals surface area (Å²) in [7, 11) is 0. The van der Waals surface area contributed by atoms with Gasteiger partial charge in [0.05, 0.1) is 12.1 Å². The van der Waals surface area contributed by atoms with Crippen molar-refractivity contribution in [1.82, 2.24) is 0 Å². The van der Waals surface area contributed by atoms with Gasteiger partial charge in [-0.2, -0.15) is 0 Å². The van der Waals surface area contributed by atoms with E-state index < -0.39 is 24.1 Å². The van der Waals surface area contributed by atoms with Crippen molar-refractivity contribution in [3.63, 3.8) is 0 Å². The molecule has 0 spiro atoms. The van der Waals surface area contributed by atoms with E-state index in [9.17, 15) is 8.78 Å². The fourth-order valence-electron chi connectivity index (χ4n) is 1.26. The molecule has 14 heavy (non-hydrogen) atoms. The molecule has 0 amide bonds. The molecule has 0 saturated heterocycles. The molecule has 2 nitrogen and oxygen atoms in total. The van der Waals surface area contributed by atoms with Crippen molar-refractivity contribution in [2.45, 2.75) is 18.6 Å². The van der Waals surface area contributed by atoms with E-state index in [0.717, 1.165) is 0 Å². The number of aliphatic hydroxyl groups excluding tert-OH is 1. The maximum Gasteiger partial charge on any atom is 0.145 e. The van der Waals surface area contributed by atoms with Gasteiger partial charge in [0.2, 0.25) is 0 Å². The lowest BCUT2D eigenvalue weighted by atomic mass is 9.88. The van der Waals surface area contributed by atoms with Crippen LogP contribution in [0.5, 0.6) is 0 Å². The zero-order chi connectivity index (χ0) is 10.8. The minimum atomic E-state index is -1.68. The van der Waals surface area contributed by atoms with Gasteiger partial charge in [0.25, 0.3) is 0 Å². The lowest BCUT2D eigenvalue weighted by Crippen LogP contribution is -2.45. The molecule has 78 valence electrons. The van der Waals surface area contributed by atoms with Crippen LogP contribution in [0.2, 0.25) is 0 Å². The fraction of sp³-hybridized carbons (Fsp3) is 0.400. The zero-order valence-electron chi connectivity index (χ0n) is 7.87. The third kappa shape index (κ3) is 1.91. The van der Waals surface area contributed by atoms with Crippen molar-refractivity contribution < 1.29 is 13.9 Å². The molecule has 2 atom stereocenters. The van der Waals surface area contributed by atoms with E-state index in [1.54, 1.807) is 6.07 Å². The van der Waals surface area contributed by atoms with E-state index >= 15 is 0 Å².